The number of likely N-dealkylation sites (tertiary alicyclic amines) is 1. The Labute approximate surface area is 209 Å². The van der Waals surface area contributed by atoms with Gasteiger partial charge in [-0.25, -0.2) is 4.99 Å². The highest BCUT2D eigenvalue weighted by Crippen LogP contribution is 2.38. The maximum atomic E-state index is 13.2. The van der Waals surface area contributed by atoms with Crippen molar-refractivity contribution >= 4 is 11.9 Å². The van der Waals surface area contributed by atoms with Gasteiger partial charge in [0.15, 0.2) is 5.96 Å². The molecule has 2 aromatic rings. The number of fused-ring (bicyclic) bond motifs is 2. The predicted molar refractivity (Wildman–Crippen MR) is 140 cm³/mol. The van der Waals surface area contributed by atoms with Crippen LogP contribution in [0, 0.1) is 18.8 Å². The van der Waals surface area contributed by atoms with Crippen LogP contribution in [0.25, 0.3) is 0 Å². The van der Waals surface area contributed by atoms with Gasteiger partial charge in [0, 0.05) is 12.7 Å². The molecule has 186 valence electrons. The van der Waals surface area contributed by atoms with Crippen LogP contribution in [0.5, 0.6) is 0 Å². The summed E-state index contributed by atoms with van der Waals surface area (Å²) in [6, 6.07) is 11.4. The van der Waals surface area contributed by atoms with E-state index < -0.39 is 5.54 Å². The van der Waals surface area contributed by atoms with Crippen molar-refractivity contribution in [2.45, 2.75) is 71.4 Å². The van der Waals surface area contributed by atoms with Gasteiger partial charge in [-0.3, -0.25) is 19.6 Å². The van der Waals surface area contributed by atoms with Gasteiger partial charge in [-0.15, -0.1) is 0 Å². The number of carbonyl (C=O) groups is 1. The summed E-state index contributed by atoms with van der Waals surface area (Å²) in [6.45, 7) is 11.0. The zero-order valence-corrected chi connectivity index (χ0v) is 21.6. The zero-order chi connectivity index (χ0) is 24.7. The summed E-state index contributed by atoms with van der Waals surface area (Å²) < 4.78 is 0. The van der Waals surface area contributed by atoms with Crippen LogP contribution in [0.15, 0.2) is 41.5 Å². The number of nitrogens with two attached hydrogens (primary N) is 1. The van der Waals surface area contributed by atoms with Crippen molar-refractivity contribution in [2.75, 3.05) is 19.6 Å². The quantitative estimate of drug-likeness (QED) is 0.704. The molecule has 3 aliphatic rings. The maximum Gasteiger partial charge on any atom is 0.257 e. The van der Waals surface area contributed by atoms with E-state index >= 15 is 0 Å². The third-order valence-corrected chi connectivity index (χ3v) is 8.05. The first-order valence-corrected chi connectivity index (χ1v) is 13.2. The van der Waals surface area contributed by atoms with E-state index in [1.165, 1.54) is 27.9 Å². The van der Waals surface area contributed by atoms with E-state index in [9.17, 15) is 4.79 Å². The molecular weight excluding hydrogens is 434 g/mol. The van der Waals surface area contributed by atoms with E-state index in [4.69, 9.17) is 10.7 Å². The lowest BCUT2D eigenvalue weighted by molar-refractivity contribution is -0.131. The Kier molecular flexibility index (Phi) is 6.43. The monoisotopic (exact) mass is 473 g/mol. The molecule has 3 heterocycles. The molecule has 0 saturated carbocycles. The van der Waals surface area contributed by atoms with Gasteiger partial charge in [0.25, 0.3) is 5.91 Å². The second-order valence-electron chi connectivity index (χ2n) is 11.4. The summed E-state index contributed by atoms with van der Waals surface area (Å²) in [5, 5.41) is 0. The molecule has 1 aliphatic carbocycles. The average molecular weight is 474 g/mol. The standard InChI is InChI=1S/C29H39N5O/c1-19(2)17-29(4)27(35)34(28(30)32-29)18-21-11-14-33(15-12-21)26-24-10-7-20(3)16-23(24)9-8-22-6-5-13-31-25(22)26/h5-7,10,13,16,19,21,26H,8-9,11-12,14-15,17-18H2,1-4H3,(H2,30,32). The number of aromatic nitrogens is 1. The van der Waals surface area contributed by atoms with E-state index in [0.29, 0.717) is 24.3 Å². The van der Waals surface area contributed by atoms with Gasteiger partial charge in [0.05, 0.1) is 11.7 Å². The number of guanidine groups is 1. The Hall–Kier alpha value is -2.73. The molecule has 6 nitrogen and oxygen atoms in total. The summed E-state index contributed by atoms with van der Waals surface area (Å²) in [6.07, 6.45) is 6.85. The second kappa shape index (κ2) is 9.38. The number of piperidine rings is 1. The summed E-state index contributed by atoms with van der Waals surface area (Å²) >= 11 is 0. The third-order valence-electron chi connectivity index (χ3n) is 8.05. The van der Waals surface area contributed by atoms with Gasteiger partial charge in [-0.1, -0.05) is 43.7 Å². The molecule has 6 heteroatoms. The topological polar surface area (TPSA) is 74.8 Å². The van der Waals surface area contributed by atoms with Crippen LogP contribution in [-0.2, 0) is 17.6 Å². The highest BCUT2D eigenvalue weighted by atomic mass is 16.2. The molecule has 1 aromatic heterocycles. The van der Waals surface area contributed by atoms with Gasteiger partial charge in [0.2, 0.25) is 0 Å². The molecule has 1 amide bonds. The lowest BCUT2D eigenvalue weighted by atomic mass is 9.89. The lowest BCUT2D eigenvalue weighted by Crippen LogP contribution is -2.47. The zero-order valence-electron chi connectivity index (χ0n) is 21.6. The van der Waals surface area contributed by atoms with Crippen molar-refractivity contribution in [1.29, 1.82) is 0 Å². The number of pyridine rings is 1. The molecule has 2 atom stereocenters. The van der Waals surface area contributed by atoms with Crippen LogP contribution in [0.2, 0.25) is 0 Å². The predicted octanol–water partition coefficient (Wildman–Crippen LogP) is 4.25. The number of aryl methyl sites for hydroxylation is 3. The van der Waals surface area contributed by atoms with Crippen LogP contribution < -0.4 is 5.73 Å². The molecule has 2 aliphatic heterocycles. The van der Waals surface area contributed by atoms with E-state index in [1.807, 2.05) is 13.1 Å². The minimum Gasteiger partial charge on any atom is -0.369 e. The van der Waals surface area contributed by atoms with E-state index in [2.05, 4.69) is 61.0 Å². The number of hydrogen-bond donors (Lipinski definition) is 1. The molecule has 0 bridgehead atoms. The normalized spacial score (nSPS) is 25.4. The van der Waals surface area contributed by atoms with Crippen molar-refractivity contribution < 1.29 is 4.79 Å². The van der Waals surface area contributed by atoms with Gasteiger partial charge < -0.3 is 5.73 Å². The first-order chi connectivity index (χ1) is 16.7. The van der Waals surface area contributed by atoms with Crippen molar-refractivity contribution in [3.8, 4) is 0 Å². The molecule has 35 heavy (non-hydrogen) atoms. The van der Waals surface area contributed by atoms with Crippen molar-refractivity contribution in [1.82, 2.24) is 14.8 Å². The number of rotatable bonds is 5. The fourth-order valence-electron chi connectivity index (χ4n) is 6.42. The molecule has 1 saturated heterocycles. The minimum atomic E-state index is -0.712. The highest BCUT2D eigenvalue weighted by molar-refractivity contribution is 6.06. The fraction of sp³-hybridized carbons (Fsp3) is 0.552. The van der Waals surface area contributed by atoms with Crippen LogP contribution in [0.3, 0.4) is 0 Å². The Bertz CT molecular complexity index is 1130. The molecule has 0 radical (unpaired) electrons. The molecule has 2 unspecified atom stereocenters. The Morgan fingerprint density at radius 3 is 2.63 bits per heavy atom. The summed E-state index contributed by atoms with van der Waals surface area (Å²) in [5.74, 6) is 1.28. The summed E-state index contributed by atoms with van der Waals surface area (Å²) in [5.41, 5.74) is 12.3. The fourth-order valence-corrected chi connectivity index (χ4v) is 6.42. The number of amides is 1. The van der Waals surface area contributed by atoms with Gasteiger partial charge >= 0.3 is 0 Å². The smallest absolute Gasteiger partial charge is 0.257 e. The highest BCUT2D eigenvalue weighted by Gasteiger charge is 2.45. The van der Waals surface area contributed by atoms with Crippen LogP contribution in [-0.4, -0.2) is 51.8 Å². The first-order valence-electron chi connectivity index (χ1n) is 13.2. The number of benzene rings is 1. The molecule has 0 spiro atoms. The number of hydrogen-bond acceptors (Lipinski definition) is 5. The Morgan fingerprint density at radius 1 is 1.14 bits per heavy atom. The molecule has 1 fully saturated rings. The third kappa shape index (κ3) is 4.61. The molecule has 1 aromatic carbocycles. The van der Waals surface area contributed by atoms with Crippen LogP contribution in [0.4, 0.5) is 0 Å². The Balaban J connectivity index is 1.32. The number of carbonyl (C=O) groups excluding carboxylic acids is 1. The SMILES string of the molecule is Cc1ccc2c(c1)CCc1cccnc1C2N1CCC(CN2C(=O)C(C)(CC(C)C)N=C2N)CC1. The second-order valence-corrected chi connectivity index (χ2v) is 11.4. The molecule has 5 rings (SSSR count). The van der Waals surface area contributed by atoms with Crippen LogP contribution in [0.1, 0.15) is 74.0 Å². The maximum absolute atomic E-state index is 13.2. The van der Waals surface area contributed by atoms with Gasteiger partial charge in [-0.2, -0.15) is 0 Å². The minimum absolute atomic E-state index is 0.0670. The van der Waals surface area contributed by atoms with Crippen molar-refractivity contribution in [3.05, 3.63) is 64.5 Å². The molecule has 2 N–H and O–H groups in total. The number of nitrogens with zero attached hydrogens (tertiary/aromatic N) is 4. The van der Waals surface area contributed by atoms with Crippen molar-refractivity contribution in [3.63, 3.8) is 0 Å². The van der Waals surface area contributed by atoms with E-state index in [0.717, 1.165) is 45.2 Å². The van der Waals surface area contributed by atoms with E-state index in [1.54, 1.807) is 4.90 Å². The largest absolute Gasteiger partial charge is 0.369 e. The Morgan fingerprint density at radius 2 is 1.89 bits per heavy atom. The lowest BCUT2D eigenvalue weighted by Gasteiger charge is -2.39. The first kappa shape index (κ1) is 24.0. The summed E-state index contributed by atoms with van der Waals surface area (Å²) in [4.78, 5) is 27.1. The van der Waals surface area contributed by atoms with Crippen LogP contribution >= 0.6 is 0 Å². The molecular formula is C29H39N5O. The van der Waals surface area contributed by atoms with Gasteiger partial charge in [-0.05, 0) is 93.6 Å². The number of aliphatic imine (C=N–C) groups is 1. The van der Waals surface area contributed by atoms with E-state index in [-0.39, 0.29) is 11.9 Å². The van der Waals surface area contributed by atoms with Gasteiger partial charge in [0.1, 0.15) is 5.54 Å². The average Bonchev–Trinajstić information content (AvgIpc) is 2.95. The summed E-state index contributed by atoms with van der Waals surface area (Å²) in [7, 11) is 0. The van der Waals surface area contributed by atoms with Crippen molar-refractivity contribution in [2.24, 2.45) is 22.6 Å².